The molecule has 0 saturated carbocycles. The third kappa shape index (κ3) is 4.40. The Balaban J connectivity index is 1.58. The van der Waals surface area contributed by atoms with Crippen molar-refractivity contribution in [2.24, 2.45) is 5.92 Å². The molecule has 1 aliphatic heterocycles. The second-order valence-electron chi connectivity index (χ2n) is 7.35. The fourth-order valence-electron chi connectivity index (χ4n) is 3.39. The molecule has 0 radical (unpaired) electrons. The highest BCUT2D eigenvalue weighted by molar-refractivity contribution is 5.97. The summed E-state index contributed by atoms with van der Waals surface area (Å²) in [5, 5.41) is 3.08. The second-order valence-corrected chi connectivity index (χ2v) is 7.35. The Kier molecular flexibility index (Phi) is 5.74. The summed E-state index contributed by atoms with van der Waals surface area (Å²) in [5.74, 6) is 1.28. The lowest BCUT2D eigenvalue weighted by Gasteiger charge is -2.20. The van der Waals surface area contributed by atoms with E-state index in [-0.39, 0.29) is 5.91 Å². The van der Waals surface area contributed by atoms with Crippen LogP contribution in [0.5, 0.6) is 0 Å². The Morgan fingerprint density at radius 3 is 3.00 bits per heavy atom. The van der Waals surface area contributed by atoms with E-state index in [0.717, 1.165) is 62.3 Å². The molecule has 2 heterocycles. The first-order chi connectivity index (χ1) is 12.1. The van der Waals surface area contributed by atoms with E-state index >= 15 is 0 Å². The zero-order valence-corrected chi connectivity index (χ0v) is 15.5. The minimum absolute atomic E-state index is 0.0250. The highest BCUT2D eigenvalue weighted by Gasteiger charge is 2.24. The number of amides is 1. The number of carbonyl (C=O) groups excluding carboxylic acids is 1. The van der Waals surface area contributed by atoms with Crippen LogP contribution in [0.15, 0.2) is 22.6 Å². The van der Waals surface area contributed by atoms with Crippen molar-refractivity contribution in [3.63, 3.8) is 0 Å². The van der Waals surface area contributed by atoms with Gasteiger partial charge in [-0.2, -0.15) is 0 Å². The average Bonchev–Trinajstić information content (AvgIpc) is 3.23. The molecule has 1 aromatic heterocycles. The molecule has 1 fully saturated rings. The molecule has 1 unspecified atom stereocenters. The summed E-state index contributed by atoms with van der Waals surface area (Å²) in [6.07, 6.45) is 4.18. The number of oxazole rings is 1. The van der Waals surface area contributed by atoms with Gasteiger partial charge in [0, 0.05) is 31.1 Å². The summed E-state index contributed by atoms with van der Waals surface area (Å²) in [6.45, 7) is 9.53. The third-order valence-corrected chi connectivity index (χ3v) is 5.04. The normalized spacial score (nSPS) is 18.3. The monoisotopic (exact) mass is 343 g/mol. The van der Waals surface area contributed by atoms with Crippen LogP contribution in [-0.2, 0) is 6.42 Å². The van der Waals surface area contributed by atoms with Gasteiger partial charge >= 0.3 is 0 Å². The number of rotatable bonds is 7. The van der Waals surface area contributed by atoms with Gasteiger partial charge in [-0.1, -0.05) is 13.3 Å². The number of unbranched alkanes of at least 4 members (excludes halogenated alkanes) is 1. The summed E-state index contributed by atoms with van der Waals surface area (Å²) in [4.78, 5) is 19.4. The Labute approximate surface area is 149 Å². The molecule has 0 bridgehead atoms. The number of fused-ring (bicyclic) bond motifs is 1. The fraction of sp³-hybridized carbons (Fsp3) is 0.600. The van der Waals surface area contributed by atoms with Gasteiger partial charge in [-0.05, 0) is 57.4 Å². The van der Waals surface area contributed by atoms with Crippen LogP contribution in [0.4, 0.5) is 0 Å². The molecule has 1 atom stereocenters. The van der Waals surface area contributed by atoms with Crippen molar-refractivity contribution in [1.29, 1.82) is 0 Å². The van der Waals surface area contributed by atoms with Crippen molar-refractivity contribution in [2.45, 2.75) is 52.5 Å². The molecule has 1 saturated heterocycles. The van der Waals surface area contributed by atoms with Gasteiger partial charge in [0.2, 0.25) is 0 Å². The van der Waals surface area contributed by atoms with Gasteiger partial charge in [0.1, 0.15) is 5.52 Å². The predicted molar refractivity (Wildman–Crippen MR) is 99.8 cm³/mol. The molecular weight excluding hydrogens is 314 g/mol. The molecule has 25 heavy (non-hydrogen) atoms. The molecule has 1 aliphatic rings. The molecule has 1 amide bonds. The summed E-state index contributed by atoms with van der Waals surface area (Å²) in [5.41, 5.74) is 2.18. The van der Waals surface area contributed by atoms with Crippen molar-refractivity contribution in [3.05, 3.63) is 29.7 Å². The molecule has 0 aliphatic carbocycles. The molecule has 1 aromatic carbocycles. The first kappa shape index (κ1) is 17.9. The van der Waals surface area contributed by atoms with Gasteiger partial charge < -0.3 is 14.6 Å². The van der Waals surface area contributed by atoms with E-state index in [1.165, 1.54) is 0 Å². The Bertz CT molecular complexity index is 723. The van der Waals surface area contributed by atoms with Gasteiger partial charge in [-0.25, -0.2) is 4.98 Å². The first-order valence-corrected chi connectivity index (χ1v) is 9.48. The maximum atomic E-state index is 12.5. The maximum absolute atomic E-state index is 12.5. The van der Waals surface area contributed by atoms with E-state index in [4.69, 9.17) is 4.42 Å². The number of carbonyl (C=O) groups is 1. The molecule has 0 spiro atoms. The molecular formula is C20H29N3O2. The van der Waals surface area contributed by atoms with Crippen LogP contribution in [0, 0.1) is 5.92 Å². The van der Waals surface area contributed by atoms with E-state index in [1.807, 2.05) is 18.2 Å². The highest BCUT2D eigenvalue weighted by atomic mass is 16.3. The lowest BCUT2D eigenvalue weighted by atomic mass is 10.1. The maximum Gasteiger partial charge on any atom is 0.251 e. The van der Waals surface area contributed by atoms with Gasteiger partial charge in [-0.15, -0.1) is 0 Å². The van der Waals surface area contributed by atoms with Crippen LogP contribution in [0.1, 0.15) is 56.3 Å². The van der Waals surface area contributed by atoms with Gasteiger partial charge in [0.25, 0.3) is 5.91 Å². The number of hydrogen-bond acceptors (Lipinski definition) is 4. The van der Waals surface area contributed by atoms with Crippen LogP contribution in [-0.4, -0.2) is 41.5 Å². The number of aromatic nitrogens is 1. The minimum Gasteiger partial charge on any atom is -0.441 e. The third-order valence-electron chi connectivity index (χ3n) is 5.04. The zero-order chi connectivity index (χ0) is 17.8. The summed E-state index contributed by atoms with van der Waals surface area (Å²) < 4.78 is 5.73. The van der Waals surface area contributed by atoms with Gasteiger partial charge in [-0.3, -0.25) is 4.79 Å². The molecule has 5 heteroatoms. The number of nitrogens with zero attached hydrogens (tertiary/aromatic N) is 2. The smallest absolute Gasteiger partial charge is 0.251 e. The minimum atomic E-state index is -0.0250. The van der Waals surface area contributed by atoms with Gasteiger partial charge in [0.05, 0.1) is 0 Å². The van der Waals surface area contributed by atoms with Crippen molar-refractivity contribution >= 4 is 17.0 Å². The largest absolute Gasteiger partial charge is 0.441 e. The quantitative estimate of drug-likeness (QED) is 0.834. The summed E-state index contributed by atoms with van der Waals surface area (Å²) in [6, 6.07) is 6.08. The summed E-state index contributed by atoms with van der Waals surface area (Å²) >= 11 is 0. The number of hydrogen-bond donors (Lipinski definition) is 1. The van der Waals surface area contributed by atoms with Crippen LogP contribution in [0.25, 0.3) is 11.1 Å². The topological polar surface area (TPSA) is 58.4 Å². The molecule has 2 aromatic rings. The SMILES string of the molecule is CCCCc1nc2cc(C(=O)NCC3CCN(C(C)C)C3)ccc2o1. The van der Waals surface area contributed by atoms with E-state index in [1.54, 1.807) is 0 Å². The fourth-order valence-corrected chi connectivity index (χ4v) is 3.39. The molecule has 5 nitrogen and oxygen atoms in total. The van der Waals surface area contributed by atoms with Crippen LogP contribution in [0.3, 0.4) is 0 Å². The van der Waals surface area contributed by atoms with Crippen LogP contribution in [0.2, 0.25) is 0 Å². The van der Waals surface area contributed by atoms with E-state index in [9.17, 15) is 4.79 Å². The van der Waals surface area contributed by atoms with E-state index in [0.29, 0.717) is 17.5 Å². The van der Waals surface area contributed by atoms with Crippen molar-refractivity contribution < 1.29 is 9.21 Å². The number of benzene rings is 1. The highest BCUT2D eigenvalue weighted by Crippen LogP contribution is 2.20. The molecule has 136 valence electrons. The van der Waals surface area contributed by atoms with E-state index in [2.05, 4.69) is 36.0 Å². The van der Waals surface area contributed by atoms with Crippen molar-refractivity contribution in [1.82, 2.24) is 15.2 Å². The Hall–Kier alpha value is -1.88. The number of aryl methyl sites for hydroxylation is 1. The average molecular weight is 343 g/mol. The number of nitrogens with one attached hydrogen (secondary N) is 1. The lowest BCUT2D eigenvalue weighted by molar-refractivity contribution is 0.0947. The van der Waals surface area contributed by atoms with Crippen molar-refractivity contribution in [2.75, 3.05) is 19.6 Å². The summed E-state index contributed by atoms with van der Waals surface area (Å²) in [7, 11) is 0. The second kappa shape index (κ2) is 8.00. The van der Waals surface area contributed by atoms with E-state index < -0.39 is 0 Å². The van der Waals surface area contributed by atoms with Crippen LogP contribution >= 0.6 is 0 Å². The Morgan fingerprint density at radius 1 is 1.44 bits per heavy atom. The Morgan fingerprint density at radius 2 is 2.28 bits per heavy atom. The molecule has 1 N–H and O–H groups in total. The standard InChI is InChI=1S/C20H29N3O2/c1-4-5-6-19-22-17-11-16(7-8-18(17)25-19)20(24)21-12-15-9-10-23(13-15)14(2)3/h7-8,11,14-15H,4-6,9-10,12-13H2,1-3H3,(H,21,24). The first-order valence-electron chi connectivity index (χ1n) is 9.48. The van der Waals surface area contributed by atoms with Crippen molar-refractivity contribution in [3.8, 4) is 0 Å². The van der Waals surface area contributed by atoms with Gasteiger partial charge in [0.15, 0.2) is 11.5 Å². The van der Waals surface area contributed by atoms with Crippen LogP contribution < -0.4 is 5.32 Å². The lowest BCUT2D eigenvalue weighted by Crippen LogP contribution is -2.32. The zero-order valence-electron chi connectivity index (χ0n) is 15.5. The number of likely N-dealkylation sites (tertiary alicyclic amines) is 1. The predicted octanol–water partition coefficient (Wildman–Crippen LogP) is 3.63. The molecule has 3 rings (SSSR count).